The molecule has 1 unspecified atom stereocenters. The molecule has 0 heterocycles. The molecule has 2 N–H and O–H groups in total. The number of carbonyl (C=O) groups excluding carboxylic acids is 3. The standard InChI is InChI=1S/C10H19NO4.C9H19NO2.C2H6/c1-9(2)15-8-7-14-6-3-10(13)11-4-5-12;1-4-8(2)9(11)7-12-6-5-10-3;1-2/h5,9H,3-4,6-8H2,1-2H3,(H,11,13);8,10H,4-7H2,1-3H3;1-2H3. The van der Waals surface area contributed by atoms with Crippen molar-refractivity contribution in [3.8, 4) is 0 Å². The van der Waals surface area contributed by atoms with E-state index in [2.05, 4.69) is 10.6 Å². The second-order valence-corrected chi connectivity index (χ2v) is 6.18. The largest absolute Gasteiger partial charge is 0.379 e. The Kier molecular flexibility index (Phi) is 29.7. The van der Waals surface area contributed by atoms with Gasteiger partial charge in [0.25, 0.3) is 0 Å². The summed E-state index contributed by atoms with van der Waals surface area (Å²) in [7, 11) is 1.86. The molecule has 0 saturated carbocycles. The Hall–Kier alpha value is -1.35. The van der Waals surface area contributed by atoms with Crippen LogP contribution in [0.4, 0.5) is 0 Å². The molecule has 0 aromatic heterocycles. The molecule has 0 aliphatic carbocycles. The number of rotatable bonds is 16. The van der Waals surface area contributed by atoms with E-state index in [1.54, 1.807) is 0 Å². The average Bonchev–Trinajstić information content (AvgIpc) is 2.73. The van der Waals surface area contributed by atoms with Crippen LogP contribution < -0.4 is 10.6 Å². The molecular formula is C21H44N2O6. The van der Waals surface area contributed by atoms with Crippen molar-refractivity contribution in [2.45, 2.75) is 60.5 Å². The first-order chi connectivity index (χ1) is 13.9. The number of ether oxygens (including phenoxy) is 3. The maximum absolute atomic E-state index is 11.2. The van der Waals surface area contributed by atoms with Crippen LogP contribution in [0.3, 0.4) is 0 Å². The van der Waals surface area contributed by atoms with Gasteiger partial charge in [-0.1, -0.05) is 27.7 Å². The van der Waals surface area contributed by atoms with E-state index >= 15 is 0 Å². The number of nitrogens with one attached hydrogen (secondary N) is 2. The molecule has 0 aliphatic heterocycles. The molecule has 29 heavy (non-hydrogen) atoms. The van der Waals surface area contributed by atoms with Crippen molar-refractivity contribution in [3.05, 3.63) is 0 Å². The highest BCUT2D eigenvalue weighted by Crippen LogP contribution is 2.01. The number of Topliss-reactive ketones (excluding diaryl/α,β-unsaturated/α-hetero) is 1. The van der Waals surface area contributed by atoms with Gasteiger partial charge < -0.3 is 29.6 Å². The molecule has 0 aliphatic rings. The SMILES string of the molecule is CC.CC(C)OCCOCCC(=O)NCC=O.CCC(C)C(=O)COCCNC. The molecule has 0 aromatic carbocycles. The number of hydrogen-bond donors (Lipinski definition) is 2. The van der Waals surface area contributed by atoms with Crippen molar-refractivity contribution in [1.29, 1.82) is 0 Å². The van der Waals surface area contributed by atoms with Gasteiger partial charge >= 0.3 is 0 Å². The van der Waals surface area contributed by atoms with Crippen LogP contribution in [0.25, 0.3) is 0 Å². The van der Waals surface area contributed by atoms with Crippen molar-refractivity contribution < 1.29 is 28.6 Å². The summed E-state index contributed by atoms with van der Waals surface area (Å²) in [6.45, 7) is 15.0. The lowest BCUT2D eigenvalue weighted by Crippen LogP contribution is -2.26. The van der Waals surface area contributed by atoms with Crippen LogP contribution >= 0.6 is 0 Å². The van der Waals surface area contributed by atoms with Crippen molar-refractivity contribution >= 4 is 18.0 Å². The quantitative estimate of drug-likeness (QED) is 0.291. The Morgan fingerprint density at radius 1 is 1.00 bits per heavy atom. The molecule has 174 valence electrons. The molecule has 1 atom stereocenters. The molecule has 8 heteroatoms. The molecular weight excluding hydrogens is 376 g/mol. The number of hydrogen-bond acceptors (Lipinski definition) is 7. The molecule has 0 aromatic rings. The lowest BCUT2D eigenvalue weighted by Gasteiger charge is -2.07. The van der Waals surface area contributed by atoms with E-state index in [4.69, 9.17) is 14.2 Å². The summed E-state index contributed by atoms with van der Waals surface area (Å²) < 4.78 is 15.5. The summed E-state index contributed by atoms with van der Waals surface area (Å²) in [6.07, 6.45) is 2.02. The van der Waals surface area contributed by atoms with Gasteiger partial charge in [-0.3, -0.25) is 9.59 Å². The molecule has 0 rings (SSSR count). The summed E-state index contributed by atoms with van der Waals surface area (Å²) in [6, 6.07) is 0. The van der Waals surface area contributed by atoms with Crippen LogP contribution in [0.15, 0.2) is 0 Å². The van der Waals surface area contributed by atoms with Gasteiger partial charge in [0.05, 0.1) is 39.1 Å². The summed E-state index contributed by atoms with van der Waals surface area (Å²) in [5, 5.41) is 5.37. The highest BCUT2D eigenvalue weighted by atomic mass is 16.5. The van der Waals surface area contributed by atoms with Gasteiger partial charge in [0.1, 0.15) is 12.9 Å². The third-order valence-corrected chi connectivity index (χ3v) is 3.44. The minimum absolute atomic E-state index is 0.0648. The average molecular weight is 421 g/mol. The van der Waals surface area contributed by atoms with Gasteiger partial charge in [-0.2, -0.15) is 0 Å². The van der Waals surface area contributed by atoms with Crippen molar-refractivity contribution in [3.63, 3.8) is 0 Å². The van der Waals surface area contributed by atoms with E-state index in [1.165, 1.54) is 0 Å². The minimum Gasteiger partial charge on any atom is -0.379 e. The number of carbonyl (C=O) groups is 3. The summed E-state index contributed by atoms with van der Waals surface area (Å²) in [5.41, 5.74) is 0. The van der Waals surface area contributed by atoms with Gasteiger partial charge in [0.2, 0.25) is 5.91 Å². The first-order valence-corrected chi connectivity index (χ1v) is 10.5. The normalized spacial score (nSPS) is 10.9. The van der Waals surface area contributed by atoms with Crippen LogP contribution in [0.2, 0.25) is 0 Å². The van der Waals surface area contributed by atoms with E-state index in [0.29, 0.717) is 32.7 Å². The fourth-order valence-electron chi connectivity index (χ4n) is 1.57. The number of amides is 1. The topological polar surface area (TPSA) is 103 Å². The third kappa shape index (κ3) is 29.0. The predicted octanol–water partition coefficient (Wildman–Crippen LogP) is 2.00. The summed E-state index contributed by atoms with van der Waals surface area (Å²) >= 11 is 0. The second kappa shape index (κ2) is 26.6. The second-order valence-electron chi connectivity index (χ2n) is 6.18. The Labute approximate surface area is 177 Å². The smallest absolute Gasteiger partial charge is 0.222 e. The monoisotopic (exact) mass is 420 g/mol. The van der Waals surface area contributed by atoms with Gasteiger partial charge in [-0.05, 0) is 27.3 Å². The highest BCUT2D eigenvalue weighted by molar-refractivity contribution is 5.81. The Morgan fingerprint density at radius 2 is 1.66 bits per heavy atom. The van der Waals surface area contributed by atoms with E-state index in [0.717, 1.165) is 13.0 Å². The summed E-state index contributed by atoms with van der Waals surface area (Å²) in [4.78, 5) is 32.1. The van der Waals surface area contributed by atoms with Gasteiger partial charge in [-0.15, -0.1) is 0 Å². The Morgan fingerprint density at radius 3 is 2.17 bits per heavy atom. The molecule has 0 fully saturated rings. The summed E-state index contributed by atoms with van der Waals surface area (Å²) in [5.74, 6) is 0.167. The fourth-order valence-corrected chi connectivity index (χ4v) is 1.57. The van der Waals surface area contributed by atoms with Crippen LogP contribution in [-0.4, -0.2) is 77.3 Å². The molecule has 0 spiro atoms. The van der Waals surface area contributed by atoms with Crippen molar-refractivity contribution in [2.75, 3.05) is 53.2 Å². The zero-order valence-corrected chi connectivity index (χ0v) is 19.5. The molecule has 0 radical (unpaired) electrons. The lowest BCUT2D eigenvalue weighted by atomic mass is 10.1. The van der Waals surface area contributed by atoms with Crippen LogP contribution in [0.1, 0.15) is 54.4 Å². The van der Waals surface area contributed by atoms with E-state index in [-0.39, 0.29) is 43.3 Å². The van der Waals surface area contributed by atoms with Crippen LogP contribution in [0.5, 0.6) is 0 Å². The first-order valence-electron chi connectivity index (χ1n) is 10.5. The number of ketones is 1. The van der Waals surface area contributed by atoms with Crippen molar-refractivity contribution in [2.24, 2.45) is 5.92 Å². The molecule has 8 nitrogen and oxygen atoms in total. The lowest BCUT2D eigenvalue weighted by molar-refractivity contribution is -0.127. The van der Waals surface area contributed by atoms with E-state index < -0.39 is 0 Å². The molecule has 0 bridgehead atoms. The number of aldehydes is 1. The van der Waals surface area contributed by atoms with E-state index in [9.17, 15) is 14.4 Å². The molecule has 0 saturated heterocycles. The number of likely N-dealkylation sites (N-methyl/N-ethyl adjacent to an activating group) is 1. The zero-order chi connectivity index (χ0) is 22.9. The van der Waals surface area contributed by atoms with Crippen LogP contribution in [-0.2, 0) is 28.6 Å². The van der Waals surface area contributed by atoms with Gasteiger partial charge in [0, 0.05) is 18.9 Å². The van der Waals surface area contributed by atoms with Crippen molar-refractivity contribution in [1.82, 2.24) is 10.6 Å². The Balaban J connectivity index is -0.000000438. The van der Waals surface area contributed by atoms with E-state index in [1.807, 2.05) is 48.6 Å². The van der Waals surface area contributed by atoms with Gasteiger partial charge in [0.15, 0.2) is 5.78 Å². The molecule has 1 amide bonds. The maximum atomic E-state index is 11.2. The fraction of sp³-hybridized carbons (Fsp3) is 0.857. The predicted molar refractivity (Wildman–Crippen MR) is 116 cm³/mol. The van der Waals surface area contributed by atoms with Gasteiger partial charge in [-0.25, -0.2) is 0 Å². The maximum Gasteiger partial charge on any atom is 0.222 e. The first kappa shape index (κ1) is 32.3. The third-order valence-electron chi connectivity index (χ3n) is 3.44. The zero-order valence-electron chi connectivity index (χ0n) is 19.5. The minimum atomic E-state index is -0.174. The highest BCUT2D eigenvalue weighted by Gasteiger charge is 2.09. The van der Waals surface area contributed by atoms with Crippen LogP contribution in [0, 0.1) is 5.92 Å². The Bertz CT molecular complexity index is 378.